The molecule has 0 bridgehead atoms. The van der Waals surface area contributed by atoms with Crippen molar-refractivity contribution in [2.45, 2.75) is 52.0 Å². The van der Waals surface area contributed by atoms with Gasteiger partial charge in [-0.2, -0.15) is 0 Å². The van der Waals surface area contributed by atoms with Gasteiger partial charge in [0.1, 0.15) is 0 Å². The van der Waals surface area contributed by atoms with E-state index in [0.717, 1.165) is 19.3 Å². The van der Waals surface area contributed by atoms with Gasteiger partial charge in [-0.3, -0.25) is 14.5 Å². The maximum Gasteiger partial charge on any atom is 0.317 e. The smallest absolute Gasteiger partial charge is 0.317 e. The second kappa shape index (κ2) is 6.91. The molecule has 2 aliphatic rings. The number of hydrogen-bond acceptors (Lipinski definition) is 3. The number of carbonyl (C=O) groups is 3. The highest BCUT2D eigenvalue weighted by molar-refractivity contribution is 6.03. The Kier molecular flexibility index (Phi) is 5.20. The highest BCUT2D eigenvalue weighted by atomic mass is 16.2. The van der Waals surface area contributed by atoms with Gasteiger partial charge in [0.2, 0.25) is 11.8 Å². The molecule has 1 N–H and O–H groups in total. The fourth-order valence-electron chi connectivity index (χ4n) is 3.14. The molecule has 2 unspecified atom stereocenters. The Morgan fingerprint density at radius 1 is 1.29 bits per heavy atom. The van der Waals surface area contributed by atoms with E-state index in [9.17, 15) is 14.4 Å². The van der Waals surface area contributed by atoms with Crippen LogP contribution in [-0.2, 0) is 9.59 Å². The topological polar surface area (TPSA) is 69.7 Å². The van der Waals surface area contributed by atoms with Gasteiger partial charge in [0, 0.05) is 38.0 Å². The first kappa shape index (κ1) is 15.8. The fourth-order valence-corrected chi connectivity index (χ4v) is 3.14. The number of imide groups is 1. The zero-order valence-electron chi connectivity index (χ0n) is 12.9. The van der Waals surface area contributed by atoms with Crippen LogP contribution in [0.5, 0.6) is 0 Å². The van der Waals surface area contributed by atoms with Gasteiger partial charge in [-0.05, 0) is 19.8 Å². The third-order valence-electron chi connectivity index (χ3n) is 4.37. The van der Waals surface area contributed by atoms with Crippen LogP contribution in [0.4, 0.5) is 4.79 Å². The first-order chi connectivity index (χ1) is 10.0. The molecule has 2 fully saturated rings. The molecule has 6 heteroatoms. The first-order valence-corrected chi connectivity index (χ1v) is 7.93. The summed E-state index contributed by atoms with van der Waals surface area (Å²) in [5.74, 6) is -0.371. The van der Waals surface area contributed by atoms with Crippen molar-refractivity contribution in [1.29, 1.82) is 0 Å². The summed E-state index contributed by atoms with van der Waals surface area (Å²) in [5.41, 5.74) is 0. The molecule has 2 rings (SSSR count). The number of likely N-dealkylation sites (tertiary alicyclic amines) is 1. The van der Waals surface area contributed by atoms with Gasteiger partial charge in [0.25, 0.3) is 0 Å². The van der Waals surface area contributed by atoms with E-state index in [2.05, 4.69) is 12.2 Å². The normalized spacial score (nSPS) is 23.9. The second-order valence-corrected chi connectivity index (χ2v) is 6.00. The van der Waals surface area contributed by atoms with Gasteiger partial charge in [0.15, 0.2) is 0 Å². The highest BCUT2D eigenvalue weighted by Crippen LogP contribution is 2.26. The lowest BCUT2D eigenvalue weighted by molar-refractivity contribution is -0.139. The Labute approximate surface area is 125 Å². The number of nitrogens with one attached hydrogen (secondary N) is 1. The number of nitrogens with zero attached hydrogens (tertiary/aromatic N) is 2. The summed E-state index contributed by atoms with van der Waals surface area (Å²) in [4.78, 5) is 39.1. The van der Waals surface area contributed by atoms with Crippen LogP contribution in [0.15, 0.2) is 0 Å². The van der Waals surface area contributed by atoms with E-state index in [4.69, 9.17) is 0 Å². The van der Waals surface area contributed by atoms with Crippen molar-refractivity contribution in [3.63, 3.8) is 0 Å². The lowest BCUT2D eigenvalue weighted by Gasteiger charge is -2.24. The Hall–Kier alpha value is -1.59. The van der Waals surface area contributed by atoms with E-state index < -0.39 is 0 Å². The van der Waals surface area contributed by atoms with E-state index >= 15 is 0 Å². The molecular formula is C15H25N3O3. The van der Waals surface area contributed by atoms with Crippen LogP contribution in [0.3, 0.4) is 0 Å². The number of unbranched alkanes of at least 4 members (excludes halogenated alkanes) is 2. The van der Waals surface area contributed by atoms with Crippen LogP contribution >= 0.6 is 0 Å². The number of hydrogen-bond donors (Lipinski definition) is 1. The minimum atomic E-state index is -0.262. The number of urea groups is 1. The molecule has 0 radical (unpaired) electrons. The van der Waals surface area contributed by atoms with Crippen molar-refractivity contribution in [3.8, 4) is 0 Å². The zero-order chi connectivity index (χ0) is 15.4. The van der Waals surface area contributed by atoms with Gasteiger partial charge >= 0.3 is 6.03 Å². The lowest BCUT2D eigenvalue weighted by Crippen LogP contribution is -2.38. The molecule has 118 valence electrons. The molecule has 0 aromatic rings. The van der Waals surface area contributed by atoms with E-state index in [0.29, 0.717) is 32.5 Å². The van der Waals surface area contributed by atoms with E-state index in [1.54, 1.807) is 4.90 Å². The number of carbonyl (C=O) groups excluding carboxylic acids is 3. The molecule has 2 heterocycles. The first-order valence-electron chi connectivity index (χ1n) is 7.93. The van der Waals surface area contributed by atoms with Gasteiger partial charge in [-0.15, -0.1) is 0 Å². The monoisotopic (exact) mass is 295 g/mol. The second-order valence-electron chi connectivity index (χ2n) is 6.00. The summed E-state index contributed by atoms with van der Waals surface area (Å²) in [5, 5.41) is 2.76. The average molecular weight is 295 g/mol. The number of rotatable bonds is 7. The van der Waals surface area contributed by atoms with E-state index in [-0.39, 0.29) is 29.8 Å². The molecular weight excluding hydrogens is 270 g/mol. The van der Waals surface area contributed by atoms with E-state index in [1.807, 2.05) is 6.92 Å². The summed E-state index contributed by atoms with van der Waals surface area (Å²) >= 11 is 0. The van der Waals surface area contributed by atoms with Crippen molar-refractivity contribution < 1.29 is 14.4 Å². The van der Waals surface area contributed by atoms with Gasteiger partial charge in [-0.25, -0.2) is 4.79 Å². The van der Waals surface area contributed by atoms with Crippen LogP contribution in [0, 0.1) is 5.92 Å². The minimum absolute atomic E-state index is 0.00941. The summed E-state index contributed by atoms with van der Waals surface area (Å²) < 4.78 is 0. The fraction of sp³-hybridized carbons (Fsp3) is 0.800. The molecule has 2 atom stereocenters. The Bertz CT molecular complexity index is 424. The molecule has 4 amide bonds. The average Bonchev–Trinajstić information content (AvgIpc) is 2.97. The summed E-state index contributed by atoms with van der Waals surface area (Å²) in [6.45, 7) is 5.92. The Balaban J connectivity index is 1.88. The van der Waals surface area contributed by atoms with Crippen molar-refractivity contribution in [2.75, 3.05) is 19.6 Å². The zero-order valence-corrected chi connectivity index (χ0v) is 12.9. The van der Waals surface area contributed by atoms with Gasteiger partial charge in [-0.1, -0.05) is 19.8 Å². The molecule has 21 heavy (non-hydrogen) atoms. The number of amides is 4. The Morgan fingerprint density at radius 2 is 2.05 bits per heavy atom. The molecule has 0 spiro atoms. The summed E-state index contributed by atoms with van der Waals surface area (Å²) in [6.07, 6.45) is 3.85. The highest BCUT2D eigenvalue weighted by Gasteiger charge is 2.40. The SMILES string of the molecule is CCCCCN1C(=O)CC(CC(C)N2CCNC2=O)C1=O. The van der Waals surface area contributed by atoms with Gasteiger partial charge < -0.3 is 10.2 Å². The van der Waals surface area contributed by atoms with Gasteiger partial charge in [0.05, 0.1) is 0 Å². The van der Waals surface area contributed by atoms with Crippen LogP contribution in [0.1, 0.15) is 46.0 Å². The van der Waals surface area contributed by atoms with Crippen molar-refractivity contribution in [1.82, 2.24) is 15.1 Å². The van der Waals surface area contributed by atoms with Crippen molar-refractivity contribution >= 4 is 17.8 Å². The predicted molar refractivity (Wildman–Crippen MR) is 78.5 cm³/mol. The molecule has 0 aromatic carbocycles. The molecule has 2 aliphatic heterocycles. The quantitative estimate of drug-likeness (QED) is 0.569. The van der Waals surface area contributed by atoms with Crippen LogP contribution in [0.2, 0.25) is 0 Å². The Morgan fingerprint density at radius 3 is 2.67 bits per heavy atom. The third-order valence-corrected chi connectivity index (χ3v) is 4.37. The van der Waals surface area contributed by atoms with Crippen LogP contribution in [0.25, 0.3) is 0 Å². The minimum Gasteiger partial charge on any atom is -0.336 e. The summed E-state index contributed by atoms with van der Waals surface area (Å²) in [6, 6.07) is -0.0797. The predicted octanol–water partition coefficient (Wildman–Crippen LogP) is 1.36. The largest absolute Gasteiger partial charge is 0.336 e. The van der Waals surface area contributed by atoms with Crippen LogP contribution < -0.4 is 5.32 Å². The molecule has 0 aromatic heterocycles. The maximum atomic E-state index is 12.3. The molecule has 2 saturated heterocycles. The maximum absolute atomic E-state index is 12.3. The molecule has 0 aliphatic carbocycles. The summed E-state index contributed by atoms with van der Waals surface area (Å²) in [7, 11) is 0. The standard InChI is InChI=1S/C15H25N3O3/c1-3-4-5-7-18-13(19)10-12(14(18)20)9-11(2)17-8-6-16-15(17)21/h11-12H,3-10H2,1-2H3,(H,16,21). The van der Waals surface area contributed by atoms with E-state index in [1.165, 1.54) is 4.90 Å². The van der Waals surface area contributed by atoms with Crippen molar-refractivity contribution in [2.24, 2.45) is 5.92 Å². The van der Waals surface area contributed by atoms with Crippen LogP contribution in [-0.4, -0.2) is 53.3 Å². The molecule has 0 saturated carbocycles. The molecule has 6 nitrogen and oxygen atoms in total. The lowest BCUT2D eigenvalue weighted by atomic mass is 9.98. The third kappa shape index (κ3) is 3.54. The van der Waals surface area contributed by atoms with Crippen molar-refractivity contribution in [3.05, 3.63) is 0 Å².